The van der Waals surface area contributed by atoms with Gasteiger partial charge in [0.05, 0.1) is 0 Å². The molecule has 0 N–H and O–H groups in total. The van der Waals surface area contributed by atoms with Gasteiger partial charge < -0.3 is 0 Å². The molecule has 0 heteroatoms. The van der Waals surface area contributed by atoms with Crippen LogP contribution in [0.25, 0.3) is 21.5 Å². The lowest BCUT2D eigenvalue weighted by Crippen LogP contribution is -1.82. The molecular formula is C38H22. The molecule has 38 heavy (non-hydrogen) atoms. The van der Waals surface area contributed by atoms with Gasteiger partial charge in [0.2, 0.25) is 0 Å². The minimum absolute atomic E-state index is 0.959. The van der Waals surface area contributed by atoms with Gasteiger partial charge >= 0.3 is 0 Å². The van der Waals surface area contributed by atoms with Crippen molar-refractivity contribution in [2.24, 2.45) is 0 Å². The Morgan fingerprint density at radius 2 is 0.579 bits per heavy atom. The van der Waals surface area contributed by atoms with Crippen LogP contribution in [0.15, 0.2) is 133 Å². The highest BCUT2D eigenvalue weighted by atomic mass is 14.0. The number of hydrogen-bond donors (Lipinski definition) is 0. The quantitative estimate of drug-likeness (QED) is 0.193. The zero-order valence-corrected chi connectivity index (χ0v) is 20.7. The maximum atomic E-state index is 3.32. The third-order valence-corrected chi connectivity index (χ3v) is 6.38. The Labute approximate surface area is 223 Å². The van der Waals surface area contributed by atoms with Crippen molar-refractivity contribution in [1.82, 2.24) is 0 Å². The molecule has 0 saturated carbocycles. The van der Waals surface area contributed by atoms with E-state index in [9.17, 15) is 0 Å². The van der Waals surface area contributed by atoms with E-state index in [-0.39, 0.29) is 0 Å². The Bertz CT molecular complexity index is 1800. The highest BCUT2D eigenvalue weighted by Crippen LogP contribution is 2.19. The fourth-order valence-electron chi connectivity index (χ4n) is 4.37. The molecule has 0 aliphatic carbocycles. The molecule has 0 bridgehead atoms. The topological polar surface area (TPSA) is 0 Å². The Hall–Kier alpha value is -5.48. The summed E-state index contributed by atoms with van der Waals surface area (Å²) in [4.78, 5) is 0. The summed E-state index contributed by atoms with van der Waals surface area (Å²) in [5, 5.41) is 4.76. The van der Waals surface area contributed by atoms with Crippen LogP contribution in [0.3, 0.4) is 0 Å². The number of rotatable bonds is 0. The Morgan fingerprint density at radius 3 is 0.974 bits per heavy atom. The molecular weight excluding hydrogens is 456 g/mol. The van der Waals surface area contributed by atoms with Crippen molar-refractivity contribution >= 4 is 21.5 Å². The first-order valence-electron chi connectivity index (χ1n) is 12.5. The van der Waals surface area contributed by atoms with E-state index in [2.05, 4.69) is 108 Å². The molecule has 0 nitrogen and oxygen atoms in total. The van der Waals surface area contributed by atoms with Gasteiger partial charge in [-0.05, 0) is 82.2 Å². The zero-order valence-electron chi connectivity index (χ0n) is 20.7. The maximum absolute atomic E-state index is 3.32. The van der Waals surface area contributed by atoms with E-state index in [1.165, 1.54) is 21.5 Å². The van der Waals surface area contributed by atoms with Gasteiger partial charge in [-0.3, -0.25) is 0 Å². The van der Waals surface area contributed by atoms with E-state index in [4.69, 9.17) is 0 Å². The smallest absolute Gasteiger partial charge is 0.0327 e. The van der Waals surface area contributed by atoms with Crippen LogP contribution in [0.5, 0.6) is 0 Å². The van der Waals surface area contributed by atoms with Crippen molar-refractivity contribution in [3.63, 3.8) is 0 Å². The molecule has 0 unspecified atom stereocenters. The highest BCUT2D eigenvalue weighted by molar-refractivity contribution is 5.89. The second kappa shape index (κ2) is 10.6. The van der Waals surface area contributed by atoms with Crippen molar-refractivity contribution in [3.05, 3.63) is 167 Å². The maximum Gasteiger partial charge on any atom is 0.0327 e. The van der Waals surface area contributed by atoms with Crippen LogP contribution in [-0.2, 0) is 0 Å². The first kappa shape index (κ1) is 23.0. The third-order valence-electron chi connectivity index (χ3n) is 6.38. The van der Waals surface area contributed by atoms with Crippen molar-refractivity contribution < 1.29 is 0 Å². The van der Waals surface area contributed by atoms with E-state index >= 15 is 0 Å². The summed E-state index contributed by atoms with van der Waals surface area (Å²) in [5.41, 5.74) is 5.94. The molecule has 174 valence electrons. The molecule has 0 heterocycles. The SMILES string of the molecule is C(#Cc1ccc(C#Cc2cccc3ccccc23)cc1)c1ccc(C#Cc2cccc3ccccc23)cc1. The Morgan fingerprint density at radius 1 is 0.263 bits per heavy atom. The average Bonchev–Trinajstić information content (AvgIpc) is 2.99. The molecule has 0 radical (unpaired) electrons. The fourth-order valence-corrected chi connectivity index (χ4v) is 4.37. The highest BCUT2D eigenvalue weighted by Gasteiger charge is 1.98. The summed E-state index contributed by atoms with van der Waals surface area (Å²) in [7, 11) is 0. The predicted octanol–water partition coefficient (Wildman–Crippen LogP) is 8.19. The molecule has 0 aliphatic heterocycles. The van der Waals surface area contributed by atoms with E-state index < -0.39 is 0 Å². The van der Waals surface area contributed by atoms with Crippen LogP contribution < -0.4 is 0 Å². The van der Waals surface area contributed by atoms with Crippen LogP contribution in [-0.4, -0.2) is 0 Å². The summed E-state index contributed by atoms with van der Waals surface area (Å²) in [5.74, 6) is 19.7. The standard InChI is InChI=1S/C38H22/c1-3-13-37-33(7-1)9-5-11-35(37)27-25-31-21-17-29(18-22-31)15-16-30-19-23-32(24-20-30)26-28-36-12-6-10-34-8-2-4-14-38(34)36/h1-14,17-24H. The summed E-state index contributed by atoms with van der Waals surface area (Å²) >= 11 is 0. The van der Waals surface area contributed by atoms with Gasteiger partial charge in [0.15, 0.2) is 0 Å². The first-order valence-corrected chi connectivity index (χ1v) is 12.5. The van der Waals surface area contributed by atoms with Gasteiger partial charge in [-0.25, -0.2) is 0 Å². The molecule has 6 aromatic rings. The molecule has 6 rings (SSSR count). The van der Waals surface area contributed by atoms with Crippen molar-refractivity contribution in [2.75, 3.05) is 0 Å². The second-order valence-corrected chi connectivity index (χ2v) is 8.96. The van der Waals surface area contributed by atoms with Crippen LogP contribution in [0, 0.1) is 35.5 Å². The van der Waals surface area contributed by atoms with Crippen molar-refractivity contribution in [3.8, 4) is 35.5 Å². The van der Waals surface area contributed by atoms with Gasteiger partial charge in [-0.2, -0.15) is 0 Å². The van der Waals surface area contributed by atoms with E-state index in [1.807, 2.05) is 60.7 Å². The van der Waals surface area contributed by atoms with Gasteiger partial charge in [0.1, 0.15) is 0 Å². The van der Waals surface area contributed by atoms with Crippen LogP contribution in [0.1, 0.15) is 33.4 Å². The predicted molar refractivity (Wildman–Crippen MR) is 159 cm³/mol. The van der Waals surface area contributed by atoms with Gasteiger partial charge in [-0.1, -0.05) is 108 Å². The van der Waals surface area contributed by atoms with Crippen LogP contribution in [0.4, 0.5) is 0 Å². The lowest BCUT2D eigenvalue weighted by molar-refractivity contribution is 1.58. The minimum atomic E-state index is 0.959. The molecule has 6 aromatic carbocycles. The van der Waals surface area contributed by atoms with E-state index in [0.717, 1.165) is 33.4 Å². The van der Waals surface area contributed by atoms with Gasteiger partial charge in [0.25, 0.3) is 0 Å². The average molecular weight is 479 g/mol. The zero-order chi connectivity index (χ0) is 25.6. The minimum Gasteiger partial charge on any atom is -0.0617 e. The number of benzene rings is 6. The number of fused-ring (bicyclic) bond motifs is 2. The summed E-state index contributed by atoms with van der Waals surface area (Å²) in [6.07, 6.45) is 0. The van der Waals surface area contributed by atoms with E-state index in [1.54, 1.807) is 0 Å². The first-order chi connectivity index (χ1) is 18.8. The van der Waals surface area contributed by atoms with Crippen molar-refractivity contribution in [1.29, 1.82) is 0 Å². The summed E-state index contributed by atoms with van der Waals surface area (Å²) < 4.78 is 0. The Balaban J connectivity index is 1.15. The lowest BCUT2D eigenvalue weighted by Gasteiger charge is -1.99. The lowest BCUT2D eigenvalue weighted by atomic mass is 10.0. The molecule has 0 amide bonds. The monoisotopic (exact) mass is 478 g/mol. The Kier molecular flexibility index (Phi) is 6.43. The van der Waals surface area contributed by atoms with Crippen LogP contribution in [0.2, 0.25) is 0 Å². The number of hydrogen-bond acceptors (Lipinski definition) is 0. The molecule has 0 aliphatic rings. The largest absolute Gasteiger partial charge is 0.0617 e. The van der Waals surface area contributed by atoms with Gasteiger partial charge in [0, 0.05) is 33.4 Å². The molecule has 0 fully saturated rings. The van der Waals surface area contributed by atoms with Crippen LogP contribution >= 0.6 is 0 Å². The van der Waals surface area contributed by atoms with Gasteiger partial charge in [-0.15, -0.1) is 0 Å². The molecule has 0 spiro atoms. The third kappa shape index (κ3) is 5.20. The molecule has 0 saturated heterocycles. The van der Waals surface area contributed by atoms with Crippen molar-refractivity contribution in [2.45, 2.75) is 0 Å². The summed E-state index contributed by atoms with van der Waals surface area (Å²) in [6.45, 7) is 0. The normalized spacial score (nSPS) is 10.0. The van der Waals surface area contributed by atoms with E-state index in [0.29, 0.717) is 0 Å². The fraction of sp³-hybridized carbons (Fsp3) is 0. The molecule has 0 atom stereocenters. The molecule has 0 aromatic heterocycles. The summed E-state index contributed by atoms with van der Waals surface area (Å²) in [6, 6.07) is 45.3. The second-order valence-electron chi connectivity index (χ2n) is 8.96.